The molecule has 0 aromatic carbocycles. The van der Waals surface area contributed by atoms with Gasteiger partial charge in [0.05, 0.1) is 35.4 Å². The number of carbonyl (C=O) groups is 6. The number of aliphatic carboxylic acids is 4. The van der Waals surface area contributed by atoms with Crippen LogP contribution in [0.4, 0.5) is 0 Å². The molecule has 0 aliphatic carbocycles. The monoisotopic (exact) mass is 660 g/mol. The summed E-state index contributed by atoms with van der Waals surface area (Å²) in [6, 6.07) is -1.10. The van der Waals surface area contributed by atoms with Crippen molar-refractivity contribution in [1.29, 1.82) is 0 Å². The average molecular weight is 661 g/mol. The number of carbonyl (C=O) groups excluding carboxylic acids is 2. The average Bonchev–Trinajstić information content (AvgIpc) is 3.58. The van der Waals surface area contributed by atoms with Gasteiger partial charge < -0.3 is 35.7 Å². The smallest absolute Gasteiger partial charge is 0.304 e. The minimum Gasteiger partial charge on any atom is -0.481 e. The molecule has 3 aliphatic heterocycles. The Balaban J connectivity index is 1.87. The van der Waals surface area contributed by atoms with Gasteiger partial charge in [0.25, 0.3) is 0 Å². The molecule has 7 N–H and O–H groups in total. The van der Waals surface area contributed by atoms with E-state index in [2.05, 4.69) is 20.3 Å². The number of hydrogen-bond acceptors (Lipinski definition) is 8. The van der Waals surface area contributed by atoms with Gasteiger partial charge in [-0.15, -0.1) is 0 Å². The van der Waals surface area contributed by atoms with Crippen LogP contribution >= 0.6 is 0 Å². The lowest BCUT2D eigenvalue weighted by Crippen LogP contribution is -2.38. The molecular formula is C34H36N4O10. The van der Waals surface area contributed by atoms with Gasteiger partial charge in [-0.1, -0.05) is 0 Å². The first-order chi connectivity index (χ1) is 22.4. The minimum absolute atomic E-state index is 0.0344. The van der Waals surface area contributed by atoms with Crippen LogP contribution in [0.25, 0.3) is 18.2 Å². The minimum atomic E-state index is -1.58. The number of allylic oxidation sites excluding steroid dienone is 2. The first-order valence-corrected chi connectivity index (χ1v) is 15.3. The van der Waals surface area contributed by atoms with Crippen LogP contribution in [-0.4, -0.2) is 77.6 Å². The molecule has 14 nitrogen and oxygen atoms in total. The van der Waals surface area contributed by atoms with Gasteiger partial charge in [-0.2, -0.15) is 0 Å². The number of rotatable bonds is 10. The lowest BCUT2D eigenvalue weighted by molar-refractivity contribution is -0.142. The van der Waals surface area contributed by atoms with E-state index in [9.17, 15) is 49.2 Å². The van der Waals surface area contributed by atoms with E-state index in [-0.39, 0.29) is 42.8 Å². The molecule has 3 aliphatic rings. The highest BCUT2D eigenvalue weighted by molar-refractivity contribution is 6.54. The molecule has 3 unspecified atom stereocenters. The summed E-state index contributed by atoms with van der Waals surface area (Å²) in [4.78, 5) is 86.1. The summed E-state index contributed by atoms with van der Waals surface area (Å²) in [5.41, 5.74) is 0.579. The number of ketones is 2. The fourth-order valence-corrected chi connectivity index (χ4v) is 6.74. The Bertz CT molecular complexity index is 2030. The number of Topliss-reactive ketones (excluding diaryl/α,β-unsaturated/α-hetero) is 2. The molecule has 252 valence electrons. The maximum atomic E-state index is 13.9. The van der Waals surface area contributed by atoms with Crippen LogP contribution in [0, 0.1) is 24.7 Å². The largest absolute Gasteiger partial charge is 0.481 e. The van der Waals surface area contributed by atoms with E-state index >= 15 is 0 Å². The molecule has 8 bridgehead atoms. The second-order valence-corrected chi connectivity index (χ2v) is 13.0. The molecule has 0 spiro atoms. The van der Waals surface area contributed by atoms with Crippen LogP contribution in [-0.2, 0) is 41.6 Å². The molecule has 5 heterocycles. The molecule has 0 saturated carbocycles. The van der Waals surface area contributed by atoms with Gasteiger partial charge in [0.15, 0.2) is 11.6 Å². The number of carboxylic acids is 4. The topological polar surface area (TPSA) is 239 Å². The molecule has 3 atom stereocenters. The van der Waals surface area contributed by atoms with E-state index in [1.54, 1.807) is 26.0 Å². The lowest BCUT2D eigenvalue weighted by atomic mass is 9.75. The van der Waals surface area contributed by atoms with Gasteiger partial charge in [-0.05, 0) is 87.1 Å². The highest BCUT2D eigenvalue weighted by atomic mass is 16.4. The first kappa shape index (κ1) is 33.8. The number of carboxylic acid groups (broad SMARTS) is 4. The van der Waals surface area contributed by atoms with Crippen LogP contribution in [0.15, 0.2) is 22.5 Å². The third-order valence-corrected chi connectivity index (χ3v) is 9.58. The molecule has 5 rings (SSSR count). The van der Waals surface area contributed by atoms with Crippen molar-refractivity contribution in [3.05, 3.63) is 61.8 Å². The Morgan fingerprint density at radius 2 is 1.38 bits per heavy atom. The van der Waals surface area contributed by atoms with E-state index < -0.39 is 65.2 Å². The fourth-order valence-electron chi connectivity index (χ4n) is 6.74. The van der Waals surface area contributed by atoms with Gasteiger partial charge in [-0.3, -0.25) is 33.8 Å². The summed E-state index contributed by atoms with van der Waals surface area (Å²) in [6.07, 6.45) is 4.87. The summed E-state index contributed by atoms with van der Waals surface area (Å²) >= 11 is 0. The number of aromatic nitrogens is 2. The van der Waals surface area contributed by atoms with Crippen LogP contribution < -0.4 is 16.0 Å². The Labute approximate surface area is 273 Å². The SMILES string of the molecule is Cc1c2[nH]c(c1CCC(=O)O)C=c1[nH]c(c(C)c1CCC(=O)O)=CC1=NC(C=C3NC(=C2)C(C)(CC(=O)O)C3=O)C(C)(CC(=O)O)C1=O. The standard InChI is InChI=1S/C34H36N4O10/c1-15-17(5-7-27(39)40)21-10-22-18(6-8-28(41)42)16(2)20(36-22)11-25-33(3,13-29(43)44)32(48)24(38-25)12-26-34(4,14-30(45)46)31(47)23(37-26)9-19(15)35-21/h9-12,26,35-36,38H,5-8,13-14H2,1-4H3,(H,39,40)(H,41,42)(H,43,44)(H,45,46). The zero-order valence-corrected chi connectivity index (χ0v) is 26.8. The van der Waals surface area contributed by atoms with Gasteiger partial charge in [0.2, 0.25) is 0 Å². The molecule has 14 heteroatoms. The highest BCUT2D eigenvalue weighted by Gasteiger charge is 2.51. The number of nitrogens with one attached hydrogen (secondary N) is 3. The summed E-state index contributed by atoms with van der Waals surface area (Å²) in [5, 5.41) is 42.5. The summed E-state index contributed by atoms with van der Waals surface area (Å²) in [5.74, 6) is -5.67. The maximum Gasteiger partial charge on any atom is 0.304 e. The van der Waals surface area contributed by atoms with Gasteiger partial charge in [0, 0.05) is 40.6 Å². The van der Waals surface area contributed by atoms with Crippen molar-refractivity contribution in [2.75, 3.05) is 0 Å². The Morgan fingerprint density at radius 3 is 1.98 bits per heavy atom. The Kier molecular flexibility index (Phi) is 8.63. The quantitative estimate of drug-likeness (QED) is 0.192. The number of aromatic amines is 2. The van der Waals surface area contributed by atoms with Crippen molar-refractivity contribution in [3.8, 4) is 0 Å². The van der Waals surface area contributed by atoms with Crippen molar-refractivity contribution in [3.63, 3.8) is 0 Å². The zero-order valence-electron chi connectivity index (χ0n) is 26.8. The van der Waals surface area contributed by atoms with Gasteiger partial charge in [0.1, 0.15) is 5.71 Å². The maximum absolute atomic E-state index is 13.9. The van der Waals surface area contributed by atoms with Crippen molar-refractivity contribution in [2.45, 2.75) is 72.3 Å². The van der Waals surface area contributed by atoms with E-state index in [1.165, 1.54) is 26.0 Å². The second kappa shape index (κ2) is 12.2. The fraction of sp³-hybridized carbons (Fsp3) is 0.382. The Morgan fingerprint density at radius 1 is 0.750 bits per heavy atom. The predicted molar refractivity (Wildman–Crippen MR) is 171 cm³/mol. The molecule has 2 aromatic heterocycles. The van der Waals surface area contributed by atoms with Crippen molar-refractivity contribution >= 4 is 59.4 Å². The number of aliphatic imine (C=N–C) groups is 1. The molecule has 1 saturated heterocycles. The van der Waals surface area contributed by atoms with Gasteiger partial charge in [-0.25, -0.2) is 0 Å². The van der Waals surface area contributed by atoms with Crippen molar-refractivity contribution in [1.82, 2.24) is 15.3 Å². The van der Waals surface area contributed by atoms with Crippen molar-refractivity contribution in [2.24, 2.45) is 15.8 Å². The van der Waals surface area contributed by atoms with E-state index in [0.29, 0.717) is 44.3 Å². The number of H-pyrrole nitrogens is 2. The zero-order chi connectivity index (χ0) is 35.3. The summed E-state index contributed by atoms with van der Waals surface area (Å²) < 4.78 is 0. The third-order valence-electron chi connectivity index (χ3n) is 9.58. The molecule has 0 amide bonds. The third kappa shape index (κ3) is 6.00. The Hall–Kier alpha value is -5.53. The highest BCUT2D eigenvalue weighted by Crippen LogP contribution is 2.43. The van der Waals surface area contributed by atoms with Crippen LogP contribution in [0.3, 0.4) is 0 Å². The molecule has 0 radical (unpaired) electrons. The summed E-state index contributed by atoms with van der Waals surface area (Å²) in [7, 11) is 0. The second-order valence-electron chi connectivity index (χ2n) is 13.0. The number of fused-ring (bicyclic) bond motifs is 7. The molecule has 48 heavy (non-hydrogen) atoms. The lowest BCUT2D eigenvalue weighted by Gasteiger charge is -2.25. The normalized spacial score (nSPS) is 23.0. The van der Waals surface area contributed by atoms with Crippen LogP contribution in [0.2, 0.25) is 0 Å². The number of nitrogens with zero attached hydrogens (tertiary/aromatic N) is 1. The van der Waals surface area contributed by atoms with Crippen LogP contribution in [0.1, 0.15) is 73.2 Å². The predicted octanol–water partition coefficient (Wildman–Crippen LogP) is 1.37. The van der Waals surface area contributed by atoms with Crippen LogP contribution in [0.5, 0.6) is 0 Å². The molecule has 2 aromatic rings. The summed E-state index contributed by atoms with van der Waals surface area (Å²) in [6.45, 7) is 6.46. The van der Waals surface area contributed by atoms with Gasteiger partial charge >= 0.3 is 23.9 Å². The van der Waals surface area contributed by atoms with E-state index in [4.69, 9.17) is 0 Å². The van der Waals surface area contributed by atoms with E-state index in [1.807, 2.05) is 0 Å². The number of hydrogen-bond donors (Lipinski definition) is 7. The van der Waals surface area contributed by atoms with Crippen molar-refractivity contribution < 1.29 is 49.2 Å². The molecular weight excluding hydrogens is 624 g/mol. The van der Waals surface area contributed by atoms with E-state index in [0.717, 1.165) is 0 Å². The first-order valence-electron chi connectivity index (χ1n) is 15.3. The molecule has 1 fully saturated rings.